The van der Waals surface area contributed by atoms with Gasteiger partial charge in [-0.2, -0.15) is 5.01 Å². The molecule has 1 saturated heterocycles. The molecular formula is C13H21BrN2O5. The molecular weight excluding hydrogens is 344 g/mol. The predicted octanol–water partition coefficient (Wildman–Crippen LogP) is 2.68. The average molecular weight is 365 g/mol. The van der Waals surface area contributed by atoms with Crippen LogP contribution in [0.1, 0.15) is 41.5 Å². The molecule has 0 radical (unpaired) electrons. The number of rotatable bonds is 0. The second kappa shape index (κ2) is 5.82. The minimum Gasteiger partial charge on any atom is -0.442 e. The number of ether oxygens (including phenoxy) is 2. The molecule has 1 aliphatic heterocycles. The van der Waals surface area contributed by atoms with Crippen LogP contribution in [0.15, 0.2) is 0 Å². The van der Waals surface area contributed by atoms with Crippen LogP contribution >= 0.6 is 15.9 Å². The van der Waals surface area contributed by atoms with Crippen LogP contribution < -0.4 is 0 Å². The molecule has 21 heavy (non-hydrogen) atoms. The predicted molar refractivity (Wildman–Crippen MR) is 78.7 cm³/mol. The summed E-state index contributed by atoms with van der Waals surface area (Å²) >= 11 is 3.09. The van der Waals surface area contributed by atoms with Crippen molar-refractivity contribution in [1.82, 2.24) is 10.0 Å². The fourth-order valence-corrected chi connectivity index (χ4v) is 2.06. The number of ketones is 1. The molecule has 0 aromatic rings. The average Bonchev–Trinajstić information content (AvgIpc) is 2.50. The zero-order chi connectivity index (χ0) is 16.6. The molecule has 0 aromatic heterocycles. The van der Waals surface area contributed by atoms with Crippen LogP contribution in [0, 0.1) is 0 Å². The lowest BCUT2D eigenvalue weighted by Crippen LogP contribution is -2.50. The SMILES string of the molecule is CC(C)(C)OC(=O)N1CC(=O)C(Br)N1C(=O)OC(C)(C)C. The Morgan fingerprint density at radius 1 is 1.05 bits per heavy atom. The van der Waals surface area contributed by atoms with Crippen molar-refractivity contribution in [1.29, 1.82) is 0 Å². The smallest absolute Gasteiger partial charge is 0.431 e. The van der Waals surface area contributed by atoms with E-state index in [1.54, 1.807) is 41.5 Å². The van der Waals surface area contributed by atoms with Crippen molar-refractivity contribution in [3.05, 3.63) is 0 Å². The summed E-state index contributed by atoms with van der Waals surface area (Å²) in [5.41, 5.74) is -1.47. The Balaban J connectivity index is 2.94. The van der Waals surface area contributed by atoms with Crippen LogP contribution in [0.2, 0.25) is 0 Å². The van der Waals surface area contributed by atoms with Gasteiger partial charge in [0.1, 0.15) is 17.7 Å². The second-order valence-electron chi connectivity index (χ2n) is 6.67. The molecule has 0 saturated carbocycles. The Kier molecular flexibility index (Phi) is 4.92. The summed E-state index contributed by atoms with van der Waals surface area (Å²) in [4.78, 5) is 35.1. The second-order valence-corrected chi connectivity index (χ2v) is 7.53. The van der Waals surface area contributed by atoms with Crippen LogP contribution in [-0.4, -0.2) is 50.7 Å². The van der Waals surface area contributed by atoms with Gasteiger partial charge >= 0.3 is 12.2 Å². The molecule has 120 valence electrons. The largest absolute Gasteiger partial charge is 0.442 e. The third-order valence-electron chi connectivity index (χ3n) is 2.23. The molecule has 0 spiro atoms. The van der Waals surface area contributed by atoms with Crippen LogP contribution in [0.4, 0.5) is 9.59 Å². The van der Waals surface area contributed by atoms with E-state index in [1.165, 1.54) is 0 Å². The molecule has 1 heterocycles. The molecule has 0 N–H and O–H groups in total. The lowest BCUT2D eigenvalue weighted by atomic mass is 10.2. The van der Waals surface area contributed by atoms with Gasteiger partial charge in [-0.05, 0) is 41.5 Å². The van der Waals surface area contributed by atoms with E-state index in [0.29, 0.717) is 0 Å². The number of Topliss-reactive ketones (excluding diaryl/α,β-unsaturated/α-hetero) is 1. The lowest BCUT2D eigenvalue weighted by Gasteiger charge is -2.32. The van der Waals surface area contributed by atoms with Crippen molar-refractivity contribution < 1.29 is 23.9 Å². The number of hydrogen-bond donors (Lipinski definition) is 0. The van der Waals surface area contributed by atoms with E-state index < -0.39 is 28.3 Å². The van der Waals surface area contributed by atoms with Gasteiger partial charge in [0.2, 0.25) is 0 Å². The summed E-state index contributed by atoms with van der Waals surface area (Å²) < 4.78 is 10.4. The first kappa shape index (κ1) is 17.7. The van der Waals surface area contributed by atoms with E-state index in [4.69, 9.17) is 9.47 Å². The Morgan fingerprint density at radius 3 is 1.90 bits per heavy atom. The molecule has 1 unspecified atom stereocenters. The van der Waals surface area contributed by atoms with Crippen LogP contribution in [0.3, 0.4) is 0 Å². The number of alkyl halides is 1. The zero-order valence-corrected chi connectivity index (χ0v) is 14.7. The van der Waals surface area contributed by atoms with E-state index in [9.17, 15) is 14.4 Å². The van der Waals surface area contributed by atoms with Crippen molar-refractivity contribution in [2.75, 3.05) is 6.54 Å². The number of amides is 2. The minimum atomic E-state index is -0.945. The van der Waals surface area contributed by atoms with Gasteiger partial charge in [0.15, 0.2) is 10.7 Å². The molecule has 0 bridgehead atoms. The number of halogens is 1. The molecule has 7 nitrogen and oxygen atoms in total. The number of carbonyl (C=O) groups excluding carboxylic acids is 3. The van der Waals surface area contributed by atoms with Gasteiger partial charge in [-0.1, -0.05) is 15.9 Å². The van der Waals surface area contributed by atoms with Crippen LogP contribution in [-0.2, 0) is 14.3 Å². The highest BCUT2D eigenvalue weighted by Gasteiger charge is 2.46. The number of nitrogens with zero attached hydrogens (tertiary/aromatic N) is 2. The summed E-state index contributed by atoms with van der Waals surface area (Å²) in [5.74, 6) is -0.327. The number of hydrogen-bond acceptors (Lipinski definition) is 5. The maximum atomic E-state index is 12.2. The Hall–Kier alpha value is -1.31. The van der Waals surface area contributed by atoms with Gasteiger partial charge in [0.25, 0.3) is 0 Å². The molecule has 1 atom stereocenters. The molecule has 1 rings (SSSR count). The van der Waals surface area contributed by atoms with E-state index in [-0.39, 0.29) is 12.3 Å². The summed E-state index contributed by atoms with van der Waals surface area (Å²) in [6.07, 6.45) is -1.57. The summed E-state index contributed by atoms with van der Waals surface area (Å²) in [6.45, 7) is 9.95. The highest BCUT2D eigenvalue weighted by atomic mass is 79.9. The molecule has 2 amide bonds. The summed E-state index contributed by atoms with van der Waals surface area (Å²) in [5, 5.41) is 1.88. The summed E-state index contributed by atoms with van der Waals surface area (Å²) in [6, 6.07) is 0. The fourth-order valence-electron chi connectivity index (χ4n) is 1.52. The number of hydrazine groups is 1. The monoisotopic (exact) mass is 364 g/mol. The maximum Gasteiger partial charge on any atom is 0.431 e. The topological polar surface area (TPSA) is 76.2 Å². The van der Waals surface area contributed by atoms with Gasteiger partial charge in [-0.15, -0.1) is 0 Å². The van der Waals surface area contributed by atoms with Gasteiger partial charge in [0, 0.05) is 0 Å². The van der Waals surface area contributed by atoms with Gasteiger partial charge < -0.3 is 9.47 Å². The summed E-state index contributed by atoms with van der Waals surface area (Å²) in [7, 11) is 0. The quantitative estimate of drug-likeness (QED) is 0.487. The fraction of sp³-hybridized carbons (Fsp3) is 0.769. The minimum absolute atomic E-state index is 0.246. The van der Waals surface area contributed by atoms with E-state index in [0.717, 1.165) is 10.0 Å². The standard InChI is InChI=1S/C13H21BrN2O5/c1-12(2,3)20-10(18)15-7-8(17)9(14)16(15)11(19)21-13(4,5)6/h9H,7H2,1-6H3. The first-order valence-electron chi connectivity index (χ1n) is 6.51. The Labute approximate surface area is 132 Å². The Bertz CT molecular complexity index is 452. The van der Waals surface area contributed by atoms with Gasteiger partial charge in [0.05, 0.1) is 0 Å². The van der Waals surface area contributed by atoms with E-state index in [2.05, 4.69) is 15.9 Å². The van der Waals surface area contributed by atoms with E-state index >= 15 is 0 Å². The molecule has 8 heteroatoms. The van der Waals surface area contributed by atoms with E-state index in [1.807, 2.05) is 0 Å². The highest BCUT2D eigenvalue weighted by molar-refractivity contribution is 9.10. The number of carbonyl (C=O) groups is 3. The molecule has 1 fully saturated rings. The molecule has 1 aliphatic rings. The van der Waals surface area contributed by atoms with Gasteiger partial charge in [-0.25, -0.2) is 14.6 Å². The van der Waals surface area contributed by atoms with Crippen LogP contribution in [0.25, 0.3) is 0 Å². The van der Waals surface area contributed by atoms with Crippen molar-refractivity contribution in [2.45, 2.75) is 57.7 Å². The third-order valence-corrected chi connectivity index (χ3v) is 3.13. The highest BCUT2D eigenvalue weighted by Crippen LogP contribution is 2.25. The first-order chi connectivity index (χ1) is 9.32. The first-order valence-corrected chi connectivity index (χ1v) is 7.43. The molecule has 0 aromatic carbocycles. The molecule has 0 aliphatic carbocycles. The van der Waals surface area contributed by atoms with Crippen LogP contribution in [0.5, 0.6) is 0 Å². The lowest BCUT2D eigenvalue weighted by molar-refractivity contribution is -0.116. The van der Waals surface area contributed by atoms with Crippen molar-refractivity contribution >= 4 is 33.9 Å². The maximum absolute atomic E-state index is 12.2. The third kappa shape index (κ3) is 4.87. The normalized spacial score (nSPS) is 19.8. The van der Waals surface area contributed by atoms with Gasteiger partial charge in [-0.3, -0.25) is 4.79 Å². The van der Waals surface area contributed by atoms with Crippen molar-refractivity contribution in [3.63, 3.8) is 0 Å². The Morgan fingerprint density at radius 2 is 1.48 bits per heavy atom. The van der Waals surface area contributed by atoms with Crippen molar-refractivity contribution in [3.8, 4) is 0 Å². The van der Waals surface area contributed by atoms with Crippen molar-refractivity contribution in [2.24, 2.45) is 0 Å². The zero-order valence-electron chi connectivity index (χ0n) is 13.1.